The average molecular weight is 226 g/mol. The summed E-state index contributed by atoms with van der Waals surface area (Å²) in [5, 5.41) is 8.57. The van der Waals surface area contributed by atoms with Crippen molar-refractivity contribution in [1.29, 1.82) is 5.26 Å². The van der Waals surface area contributed by atoms with E-state index in [1.807, 2.05) is 6.07 Å². The van der Waals surface area contributed by atoms with Gasteiger partial charge in [0.25, 0.3) is 10.1 Å². The van der Waals surface area contributed by atoms with E-state index in [0.29, 0.717) is 17.0 Å². The average Bonchev–Trinajstić information content (AvgIpc) is 2.14. The zero-order valence-corrected chi connectivity index (χ0v) is 9.21. The van der Waals surface area contributed by atoms with Crippen LogP contribution < -0.4 is 0 Å². The van der Waals surface area contributed by atoms with Crippen LogP contribution in [0.25, 0.3) is 0 Å². The molecule has 5 nitrogen and oxygen atoms in total. The van der Waals surface area contributed by atoms with Crippen LogP contribution in [0.2, 0.25) is 0 Å². The molecule has 0 atom stereocenters. The summed E-state index contributed by atoms with van der Waals surface area (Å²) in [7, 11) is -3.45. The van der Waals surface area contributed by atoms with E-state index in [0.717, 1.165) is 6.26 Å². The largest absolute Gasteiger partial charge is 0.265 e. The van der Waals surface area contributed by atoms with Gasteiger partial charge < -0.3 is 0 Å². The Kier molecular flexibility index (Phi) is 3.39. The Morgan fingerprint density at radius 2 is 2.20 bits per heavy atom. The molecule has 0 aliphatic carbocycles. The van der Waals surface area contributed by atoms with Crippen molar-refractivity contribution in [3.05, 3.63) is 29.1 Å². The van der Waals surface area contributed by atoms with Gasteiger partial charge in [0.2, 0.25) is 0 Å². The van der Waals surface area contributed by atoms with E-state index in [4.69, 9.17) is 5.26 Å². The SMILES string of the molecule is Cc1nc(C#N)ccc1COS(C)(=O)=O. The molecule has 1 aromatic heterocycles. The summed E-state index contributed by atoms with van der Waals surface area (Å²) in [5.74, 6) is 0. The predicted octanol–water partition coefficient (Wildman–Crippen LogP) is 0.738. The lowest BCUT2D eigenvalue weighted by molar-refractivity contribution is 0.310. The molecule has 1 aromatic rings. The van der Waals surface area contributed by atoms with Gasteiger partial charge in [-0.25, -0.2) is 4.98 Å². The first-order valence-electron chi connectivity index (χ1n) is 4.13. The molecule has 0 N–H and O–H groups in total. The minimum Gasteiger partial charge on any atom is -0.265 e. The normalized spacial score (nSPS) is 11.0. The fourth-order valence-electron chi connectivity index (χ4n) is 0.975. The number of aromatic nitrogens is 1. The van der Waals surface area contributed by atoms with E-state index in [2.05, 4.69) is 9.17 Å². The lowest BCUT2D eigenvalue weighted by Gasteiger charge is -2.04. The molecule has 0 aromatic carbocycles. The lowest BCUT2D eigenvalue weighted by atomic mass is 10.2. The van der Waals surface area contributed by atoms with Crippen LogP contribution in [0.3, 0.4) is 0 Å². The van der Waals surface area contributed by atoms with Gasteiger partial charge in [0.1, 0.15) is 11.8 Å². The maximum Gasteiger partial charge on any atom is 0.264 e. The molecule has 0 saturated heterocycles. The van der Waals surface area contributed by atoms with Crippen LogP contribution >= 0.6 is 0 Å². The van der Waals surface area contributed by atoms with E-state index in [-0.39, 0.29) is 6.61 Å². The maximum atomic E-state index is 10.7. The lowest BCUT2D eigenvalue weighted by Crippen LogP contribution is -2.04. The van der Waals surface area contributed by atoms with Crippen LogP contribution in [0.4, 0.5) is 0 Å². The van der Waals surface area contributed by atoms with Crippen molar-refractivity contribution in [2.75, 3.05) is 6.26 Å². The van der Waals surface area contributed by atoms with Crippen LogP contribution in [0.15, 0.2) is 12.1 Å². The number of rotatable bonds is 3. The molecule has 80 valence electrons. The molecule has 6 heteroatoms. The molecule has 0 aliphatic heterocycles. The van der Waals surface area contributed by atoms with Crippen LogP contribution in [0.5, 0.6) is 0 Å². The fourth-order valence-corrected chi connectivity index (χ4v) is 1.32. The fraction of sp³-hybridized carbons (Fsp3) is 0.333. The highest BCUT2D eigenvalue weighted by Crippen LogP contribution is 2.09. The van der Waals surface area contributed by atoms with Crippen molar-refractivity contribution in [3.8, 4) is 6.07 Å². The van der Waals surface area contributed by atoms with Crippen LogP contribution in [0.1, 0.15) is 17.0 Å². The maximum absolute atomic E-state index is 10.7. The summed E-state index contributed by atoms with van der Waals surface area (Å²) in [4.78, 5) is 3.96. The number of nitriles is 1. The molecule has 0 spiro atoms. The summed E-state index contributed by atoms with van der Waals surface area (Å²) in [6.07, 6.45) is 0.986. The van der Waals surface area contributed by atoms with Gasteiger partial charge in [-0.15, -0.1) is 0 Å². The molecule has 0 radical (unpaired) electrons. The molecule has 1 rings (SSSR count). The second-order valence-electron chi connectivity index (χ2n) is 3.02. The zero-order chi connectivity index (χ0) is 11.5. The van der Waals surface area contributed by atoms with Gasteiger partial charge >= 0.3 is 0 Å². The van der Waals surface area contributed by atoms with Gasteiger partial charge in [0.15, 0.2) is 0 Å². The topological polar surface area (TPSA) is 80.0 Å². The quantitative estimate of drug-likeness (QED) is 0.710. The number of hydrogen-bond acceptors (Lipinski definition) is 5. The van der Waals surface area contributed by atoms with E-state index < -0.39 is 10.1 Å². The van der Waals surface area contributed by atoms with E-state index in [1.165, 1.54) is 6.07 Å². The molecule has 0 saturated carbocycles. The molecule has 0 amide bonds. The van der Waals surface area contributed by atoms with E-state index >= 15 is 0 Å². The van der Waals surface area contributed by atoms with Gasteiger partial charge in [-0.2, -0.15) is 13.7 Å². The van der Waals surface area contributed by atoms with Gasteiger partial charge in [-0.05, 0) is 13.0 Å². The van der Waals surface area contributed by atoms with Crippen LogP contribution in [-0.4, -0.2) is 19.7 Å². The molecular formula is C9H10N2O3S. The third-order valence-electron chi connectivity index (χ3n) is 1.74. The Morgan fingerprint density at radius 1 is 1.53 bits per heavy atom. The Balaban J connectivity index is 2.85. The summed E-state index contributed by atoms with van der Waals surface area (Å²) in [6, 6.07) is 5.05. The van der Waals surface area contributed by atoms with Crippen LogP contribution in [-0.2, 0) is 20.9 Å². The highest BCUT2D eigenvalue weighted by Gasteiger charge is 2.06. The Labute approximate surface area is 88.5 Å². The monoisotopic (exact) mass is 226 g/mol. The molecule has 0 aliphatic rings. The number of aryl methyl sites for hydroxylation is 1. The Hall–Kier alpha value is -1.45. The van der Waals surface area contributed by atoms with E-state index in [9.17, 15) is 8.42 Å². The van der Waals surface area contributed by atoms with Gasteiger partial charge in [-0.3, -0.25) is 4.18 Å². The standard InChI is InChI=1S/C9H10N2O3S/c1-7-8(6-14-15(2,12)13)3-4-9(5-10)11-7/h3-4H,6H2,1-2H3. The summed E-state index contributed by atoms with van der Waals surface area (Å²) >= 11 is 0. The number of hydrogen-bond donors (Lipinski definition) is 0. The highest BCUT2D eigenvalue weighted by molar-refractivity contribution is 7.85. The molecule has 1 heterocycles. The van der Waals surface area contributed by atoms with Crippen molar-refractivity contribution in [2.45, 2.75) is 13.5 Å². The van der Waals surface area contributed by atoms with Crippen molar-refractivity contribution >= 4 is 10.1 Å². The van der Waals surface area contributed by atoms with Gasteiger partial charge in [0, 0.05) is 11.3 Å². The first kappa shape index (κ1) is 11.6. The van der Waals surface area contributed by atoms with Crippen molar-refractivity contribution in [3.63, 3.8) is 0 Å². The highest BCUT2D eigenvalue weighted by atomic mass is 32.2. The van der Waals surface area contributed by atoms with Gasteiger partial charge in [0.05, 0.1) is 12.9 Å². The smallest absolute Gasteiger partial charge is 0.264 e. The molecule has 0 unspecified atom stereocenters. The van der Waals surface area contributed by atoms with Crippen LogP contribution in [0, 0.1) is 18.3 Å². The third kappa shape index (κ3) is 3.65. The number of nitrogens with zero attached hydrogens (tertiary/aromatic N) is 2. The zero-order valence-electron chi connectivity index (χ0n) is 8.39. The molecule has 0 bridgehead atoms. The predicted molar refractivity (Wildman–Crippen MR) is 53.3 cm³/mol. The number of pyridine rings is 1. The second-order valence-corrected chi connectivity index (χ2v) is 4.66. The van der Waals surface area contributed by atoms with Gasteiger partial charge in [-0.1, -0.05) is 6.07 Å². The minimum absolute atomic E-state index is 0.0522. The first-order valence-corrected chi connectivity index (χ1v) is 5.95. The van der Waals surface area contributed by atoms with Crippen molar-refractivity contribution in [2.24, 2.45) is 0 Å². The minimum atomic E-state index is -3.45. The third-order valence-corrected chi connectivity index (χ3v) is 2.28. The Bertz CT molecular complexity index is 503. The molecular weight excluding hydrogens is 216 g/mol. The second kappa shape index (κ2) is 4.38. The summed E-state index contributed by atoms with van der Waals surface area (Å²) in [5.41, 5.74) is 1.55. The van der Waals surface area contributed by atoms with Crippen molar-refractivity contribution in [1.82, 2.24) is 4.98 Å². The molecule has 15 heavy (non-hydrogen) atoms. The summed E-state index contributed by atoms with van der Waals surface area (Å²) < 4.78 is 26.1. The Morgan fingerprint density at radius 3 is 2.67 bits per heavy atom. The van der Waals surface area contributed by atoms with E-state index in [1.54, 1.807) is 13.0 Å². The molecule has 0 fully saturated rings. The first-order chi connectivity index (χ1) is 6.92. The summed E-state index contributed by atoms with van der Waals surface area (Å²) in [6.45, 7) is 1.64. The van der Waals surface area contributed by atoms with Crippen molar-refractivity contribution < 1.29 is 12.6 Å².